The molecule has 0 spiro atoms. The number of likely N-dealkylation sites (N-methyl/N-ethyl adjacent to an activating group) is 1. The first kappa shape index (κ1) is 24.0. The summed E-state index contributed by atoms with van der Waals surface area (Å²) in [4.78, 5) is 40.5. The third-order valence-electron chi connectivity index (χ3n) is 6.09. The van der Waals surface area contributed by atoms with E-state index in [4.69, 9.17) is 10.5 Å². The van der Waals surface area contributed by atoms with Crippen molar-refractivity contribution in [1.29, 1.82) is 0 Å². The smallest absolute Gasteiger partial charge is 0.269 e. The average molecular weight is 578 g/mol. The number of hydrogen-bond donors (Lipinski definition) is 2. The van der Waals surface area contributed by atoms with Crippen LogP contribution in [0.3, 0.4) is 0 Å². The first-order chi connectivity index (χ1) is 16.1. The number of nitrogens with zero attached hydrogens (tertiary/aromatic N) is 2. The lowest BCUT2D eigenvalue weighted by molar-refractivity contribution is -0.141. The zero-order valence-electron chi connectivity index (χ0n) is 18.7. The lowest BCUT2D eigenvalue weighted by atomic mass is 9.92. The molecule has 2 aliphatic rings. The SMILES string of the molecule is CC(=O)N1CCCc2c(OC3(C(N)=O)C=CC(=O)N(C)C3Nc3ccc(I)cc3F)cccc21. The van der Waals surface area contributed by atoms with Crippen LogP contribution in [-0.2, 0) is 20.8 Å². The van der Waals surface area contributed by atoms with Crippen LogP contribution in [0.15, 0.2) is 48.6 Å². The fourth-order valence-electron chi connectivity index (χ4n) is 4.33. The highest BCUT2D eigenvalue weighted by Gasteiger charge is 2.51. The fourth-order valence-corrected chi connectivity index (χ4v) is 4.78. The number of nitrogens with one attached hydrogen (secondary N) is 1. The first-order valence-corrected chi connectivity index (χ1v) is 11.8. The van der Waals surface area contributed by atoms with Gasteiger partial charge in [0, 0.05) is 35.7 Å². The highest BCUT2D eigenvalue weighted by molar-refractivity contribution is 14.1. The van der Waals surface area contributed by atoms with Crippen molar-refractivity contribution in [1.82, 2.24) is 4.90 Å². The normalized spacial score (nSPS) is 21.8. The second kappa shape index (κ2) is 9.24. The summed E-state index contributed by atoms with van der Waals surface area (Å²) in [7, 11) is 1.48. The quantitative estimate of drug-likeness (QED) is 0.532. The predicted molar refractivity (Wildman–Crippen MR) is 134 cm³/mol. The maximum absolute atomic E-state index is 14.7. The largest absolute Gasteiger partial charge is 0.469 e. The second-order valence-corrected chi connectivity index (χ2v) is 9.49. The van der Waals surface area contributed by atoms with Crippen LogP contribution in [0, 0.1) is 9.39 Å². The standard InChI is InChI=1S/C24H24FIN4O4/c1-14(31)30-12-4-5-16-19(30)6-3-7-20(16)34-24(22(27)33)11-10-21(32)29(2)23(24)28-18-9-8-15(26)13-17(18)25/h3,6-11,13,23,28H,4-5,12H2,1-2H3,(H2,27,33). The number of halogens is 2. The molecule has 8 nitrogen and oxygen atoms in total. The van der Waals surface area contributed by atoms with Crippen LogP contribution in [0.1, 0.15) is 18.9 Å². The Bertz CT molecular complexity index is 1200. The molecule has 2 aromatic rings. The van der Waals surface area contributed by atoms with Crippen LogP contribution in [0.5, 0.6) is 5.75 Å². The zero-order valence-corrected chi connectivity index (χ0v) is 20.8. The molecule has 10 heteroatoms. The Morgan fingerprint density at radius 1 is 1.29 bits per heavy atom. The van der Waals surface area contributed by atoms with Gasteiger partial charge >= 0.3 is 0 Å². The summed E-state index contributed by atoms with van der Waals surface area (Å²) in [6.45, 7) is 2.08. The Kier molecular flexibility index (Phi) is 6.52. The van der Waals surface area contributed by atoms with Gasteiger partial charge in [0.25, 0.3) is 5.91 Å². The number of benzene rings is 2. The highest BCUT2D eigenvalue weighted by Crippen LogP contribution is 2.38. The van der Waals surface area contributed by atoms with E-state index in [2.05, 4.69) is 5.32 Å². The number of primary amides is 1. The molecule has 3 N–H and O–H groups in total. The van der Waals surface area contributed by atoms with Gasteiger partial charge in [0.2, 0.25) is 17.4 Å². The monoisotopic (exact) mass is 578 g/mol. The van der Waals surface area contributed by atoms with Gasteiger partial charge in [-0.1, -0.05) is 6.07 Å². The van der Waals surface area contributed by atoms with E-state index in [9.17, 15) is 18.8 Å². The molecule has 2 aromatic carbocycles. The predicted octanol–water partition coefficient (Wildman–Crippen LogP) is 2.80. The molecule has 34 heavy (non-hydrogen) atoms. The van der Waals surface area contributed by atoms with Crippen molar-refractivity contribution in [2.75, 3.05) is 23.8 Å². The zero-order chi connectivity index (χ0) is 24.6. The number of ether oxygens (including phenoxy) is 1. The van der Waals surface area contributed by atoms with Crippen LogP contribution in [0.2, 0.25) is 0 Å². The van der Waals surface area contributed by atoms with Crippen molar-refractivity contribution < 1.29 is 23.5 Å². The molecule has 2 atom stereocenters. The van der Waals surface area contributed by atoms with Gasteiger partial charge in [-0.05, 0) is 71.8 Å². The van der Waals surface area contributed by atoms with Gasteiger partial charge in [0.05, 0.1) is 11.4 Å². The molecule has 0 aromatic heterocycles. The second-order valence-electron chi connectivity index (χ2n) is 8.24. The number of rotatable bonds is 5. The summed E-state index contributed by atoms with van der Waals surface area (Å²) < 4.78 is 21.7. The van der Waals surface area contributed by atoms with Crippen molar-refractivity contribution >= 4 is 51.7 Å². The molecule has 0 bridgehead atoms. The van der Waals surface area contributed by atoms with Gasteiger partial charge in [-0.3, -0.25) is 14.4 Å². The Balaban J connectivity index is 1.80. The molecule has 4 rings (SSSR count). The number of nitrogens with two attached hydrogens (primary N) is 1. The highest BCUT2D eigenvalue weighted by atomic mass is 127. The van der Waals surface area contributed by atoms with Crippen LogP contribution >= 0.6 is 22.6 Å². The molecule has 0 aliphatic carbocycles. The van der Waals surface area contributed by atoms with E-state index in [1.807, 2.05) is 28.7 Å². The number of carbonyl (C=O) groups excluding carboxylic acids is 3. The Hall–Kier alpha value is -3.15. The van der Waals surface area contributed by atoms with Gasteiger partial charge in [-0.15, -0.1) is 0 Å². The molecule has 2 unspecified atom stereocenters. The van der Waals surface area contributed by atoms with Crippen LogP contribution < -0.4 is 20.7 Å². The van der Waals surface area contributed by atoms with Crippen molar-refractivity contribution in [3.05, 3.63) is 63.5 Å². The van der Waals surface area contributed by atoms with Gasteiger partial charge in [0.1, 0.15) is 11.6 Å². The molecule has 2 aliphatic heterocycles. The average Bonchev–Trinajstić information content (AvgIpc) is 2.79. The lowest BCUT2D eigenvalue weighted by Gasteiger charge is -2.44. The Morgan fingerprint density at radius 3 is 2.74 bits per heavy atom. The van der Waals surface area contributed by atoms with E-state index >= 15 is 0 Å². The number of carbonyl (C=O) groups is 3. The van der Waals surface area contributed by atoms with Gasteiger partial charge < -0.3 is 25.6 Å². The van der Waals surface area contributed by atoms with E-state index in [1.54, 1.807) is 23.1 Å². The number of fused-ring (bicyclic) bond motifs is 1. The summed E-state index contributed by atoms with van der Waals surface area (Å²) in [5.41, 5.74) is 5.57. The van der Waals surface area contributed by atoms with Crippen molar-refractivity contribution in [3.8, 4) is 5.75 Å². The molecular formula is C24H24FIN4O4. The minimum Gasteiger partial charge on any atom is -0.469 e. The summed E-state index contributed by atoms with van der Waals surface area (Å²) in [5, 5.41) is 2.94. The maximum atomic E-state index is 14.7. The number of amides is 3. The van der Waals surface area contributed by atoms with Crippen molar-refractivity contribution in [2.45, 2.75) is 31.5 Å². The summed E-state index contributed by atoms with van der Waals surface area (Å²) in [5.74, 6) is -1.54. The van der Waals surface area contributed by atoms with E-state index < -0.39 is 29.4 Å². The van der Waals surface area contributed by atoms with E-state index in [0.717, 1.165) is 12.0 Å². The number of anilines is 2. The van der Waals surface area contributed by atoms with Gasteiger partial charge in [-0.25, -0.2) is 4.39 Å². The molecule has 3 amide bonds. The number of hydrogen-bond acceptors (Lipinski definition) is 5. The van der Waals surface area contributed by atoms with E-state index in [1.165, 1.54) is 43.2 Å². The lowest BCUT2D eigenvalue weighted by Crippen LogP contribution is -2.67. The molecule has 0 radical (unpaired) electrons. The summed E-state index contributed by atoms with van der Waals surface area (Å²) >= 11 is 1.99. The summed E-state index contributed by atoms with van der Waals surface area (Å²) in [6.07, 6.45) is 2.74. The third-order valence-corrected chi connectivity index (χ3v) is 6.76. The molecule has 0 fully saturated rings. The minimum absolute atomic E-state index is 0.0902. The van der Waals surface area contributed by atoms with Crippen molar-refractivity contribution in [3.63, 3.8) is 0 Å². The van der Waals surface area contributed by atoms with Crippen molar-refractivity contribution in [2.24, 2.45) is 5.73 Å². The Labute approximate surface area is 210 Å². The van der Waals surface area contributed by atoms with E-state index in [0.29, 0.717) is 28.0 Å². The first-order valence-electron chi connectivity index (χ1n) is 10.7. The third kappa shape index (κ3) is 4.22. The van der Waals surface area contributed by atoms with E-state index in [-0.39, 0.29) is 11.6 Å². The van der Waals surface area contributed by atoms with Gasteiger partial charge in [-0.2, -0.15) is 0 Å². The molecule has 2 heterocycles. The molecule has 0 saturated carbocycles. The fraction of sp³-hybridized carbons (Fsp3) is 0.292. The molecule has 0 saturated heterocycles. The van der Waals surface area contributed by atoms with Crippen LogP contribution in [0.25, 0.3) is 0 Å². The van der Waals surface area contributed by atoms with Gasteiger partial charge in [0.15, 0.2) is 6.17 Å². The van der Waals surface area contributed by atoms with Crippen LogP contribution in [0.4, 0.5) is 15.8 Å². The Morgan fingerprint density at radius 2 is 2.06 bits per heavy atom. The maximum Gasteiger partial charge on any atom is 0.269 e. The minimum atomic E-state index is -1.84. The molecule has 178 valence electrons. The van der Waals surface area contributed by atoms with Crippen LogP contribution in [-0.4, -0.2) is 48.0 Å². The topological polar surface area (TPSA) is 105 Å². The summed E-state index contributed by atoms with van der Waals surface area (Å²) in [6, 6.07) is 9.80. The molecular weight excluding hydrogens is 554 g/mol.